The third-order valence-corrected chi connectivity index (χ3v) is 7.08. The van der Waals surface area contributed by atoms with Crippen LogP contribution >= 0.6 is 24.0 Å². The molecule has 1 aliphatic carbocycles. The van der Waals surface area contributed by atoms with Gasteiger partial charge in [0.2, 0.25) is 10.0 Å². The Hall–Kier alpha value is -0.920. The molecule has 9 nitrogen and oxygen atoms in total. The van der Waals surface area contributed by atoms with Crippen molar-refractivity contribution in [1.82, 2.24) is 24.6 Å². The maximum Gasteiger partial charge on any atom is 0.220 e. The molecule has 0 radical (unpaired) electrons. The van der Waals surface area contributed by atoms with E-state index >= 15 is 0 Å². The van der Waals surface area contributed by atoms with E-state index in [-0.39, 0.29) is 29.7 Å². The van der Waals surface area contributed by atoms with E-state index in [2.05, 4.69) is 39.4 Å². The molecular weight excluding hydrogens is 495 g/mol. The molecule has 2 aliphatic rings. The number of nitrogens with one attached hydrogen (secondary N) is 1. The van der Waals surface area contributed by atoms with Crippen LogP contribution in [0.1, 0.15) is 18.5 Å². The second-order valence-electron chi connectivity index (χ2n) is 7.43. The van der Waals surface area contributed by atoms with Gasteiger partial charge in [0.25, 0.3) is 0 Å². The van der Waals surface area contributed by atoms with Crippen molar-refractivity contribution < 1.29 is 12.9 Å². The standard InChI is InChI=1S/C17H30N6O3S.HI/c1-18-17(19-12-16(21(2)3)14-4-5-14)22-7-9-23(10-8-22)27(24,25)13-15-6-11-26-20-15;/h6,11,14,16H,4-5,7-10,12-13H2,1-3H3,(H,18,19);1H. The van der Waals surface area contributed by atoms with Crippen LogP contribution in [0, 0.1) is 5.92 Å². The third kappa shape index (κ3) is 6.04. The van der Waals surface area contributed by atoms with E-state index < -0.39 is 10.0 Å². The zero-order valence-corrected chi connectivity index (χ0v) is 19.9. The maximum absolute atomic E-state index is 12.5. The second kappa shape index (κ2) is 10.2. The summed E-state index contributed by atoms with van der Waals surface area (Å²) in [6, 6.07) is 2.09. The number of rotatable bonds is 7. The van der Waals surface area contributed by atoms with Gasteiger partial charge in [-0.05, 0) is 32.9 Å². The van der Waals surface area contributed by atoms with E-state index in [0.29, 0.717) is 37.9 Å². The number of hydrogen-bond donors (Lipinski definition) is 1. The zero-order valence-electron chi connectivity index (χ0n) is 16.7. The van der Waals surface area contributed by atoms with Crippen LogP contribution in [0.3, 0.4) is 0 Å². The number of guanidine groups is 1. The molecule has 0 aromatic carbocycles. The van der Waals surface area contributed by atoms with Crippen molar-refractivity contribution in [1.29, 1.82) is 0 Å². The molecule has 1 aromatic rings. The number of likely N-dealkylation sites (N-methyl/N-ethyl adjacent to an activating group) is 1. The van der Waals surface area contributed by atoms with Crippen molar-refractivity contribution in [2.45, 2.75) is 24.6 Å². The molecule has 1 N–H and O–H groups in total. The average molecular weight is 526 g/mol. The molecule has 0 spiro atoms. The highest BCUT2D eigenvalue weighted by molar-refractivity contribution is 14.0. The molecule has 1 aromatic heterocycles. The molecule has 11 heteroatoms. The third-order valence-electron chi connectivity index (χ3n) is 5.26. The highest BCUT2D eigenvalue weighted by atomic mass is 127. The van der Waals surface area contributed by atoms with Gasteiger partial charge in [0, 0.05) is 51.9 Å². The van der Waals surface area contributed by atoms with Gasteiger partial charge in [-0.25, -0.2) is 8.42 Å². The highest BCUT2D eigenvalue weighted by Gasteiger charge is 2.33. The van der Waals surface area contributed by atoms with Gasteiger partial charge in [0.15, 0.2) is 5.96 Å². The molecule has 2 heterocycles. The van der Waals surface area contributed by atoms with E-state index in [1.54, 1.807) is 13.1 Å². The van der Waals surface area contributed by atoms with Crippen LogP contribution in [0.4, 0.5) is 0 Å². The smallest absolute Gasteiger partial charge is 0.220 e. The first kappa shape index (κ1) is 23.4. The number of aromatic nitrogens is 1. The van der Waals surface area contributed by atoms with Gasteiger partial charge >= 0.3 is 0 Å². The fourth-order valence-corrected chi connectivity index (χ4v) is 4.97. The molecule has 0 amide bonds. The average Bonchev–Trinajstić information content (AvgIpc) is 3.35. The Morgan fingerprint density at radius 2 is 2.04 bits per heavy atom. The summed E-state index contributed by atoms with van der Waals surface area (Å²) >= 11 is 0. The van der Waals surface area contributed by atoms with Gasteiger partial charge in [-0.2, -0.15) is 4.31 Å². The first-order valence-electron chi connectivity index (χ1n) is 9.40. The minimum atomic E-state index is -3.38. The summed E-state index contributed by atoms with van der Waals surface area (Å²) in [5.74, 6) is 1.49. The largest absolute Gasteiger partial charge is 0.364 e. The summed E-state index contributed by atoms with van der Waals surface area (Å²) < 4.78 is 31.3. The fourth-order valence-electron chi connectivity index (χ4n) is 3.55. The second-order valence-corrected chi connectivity index (χ2v) is 9.40. The first-order chi connectivity index (χ1) is 12.9. The van der Waals surface area contributed by atoms with Crippen molar-refractivity contribution in [3.63, 3.8) is 0 Å². The van der Waals surface area contributed by atoms with Crippen LogP contribution < -0.4 is 5.32 Å². The lowest BCUT2D eigenvalue weighted by molar-refractivity contribution is 0.245. The molecule has 1 unspecified atom stereocenters. The predicted octanol–water partition coefficient (Wildman–Crippen LogP) is 0.656. The normalized spacial score (nSPS) is 20.1. The van der Waals surface area contributed by atoms with E-state index in [4.69, 9.17) is 4.52 Å². The van der Waals surface area contributed by atoms with Crippen molar-refractivity contribution in [2.75, 3.05) is 53.9 Å². The van der Waals surface area contributed by atoms with Crippen LogP contribution in [0.2, 0.25) is 0 Å². The van der Waals surface area contributed by atoms with Crippen LogP contribution in [0.15, 0.2) is 21.8 Å². The molecule has 3 rings (SSSR count). The lowest BCUT2D eigenvalue weighted by atomic mass is 10.1. The molecule has 1 saturated carbocycles. The number of aliphatic imine (C=N–C) groups is 1. The monoisotopic (exact) mass is 526 g/mol. The lowest BCUT2D eigenvalue weighted by Gasteiger charge is -2.36. The molecule has 2 fully saturated rings. The quantitative estimate of drug-likeness (QED) is 0.317. The Morgan fingerprint density at radius 3 is 2.54 bits per heavy atom. The van der Waals surface area contributed by atoms with Gasteiger partial charge in [-0.1, -0.05) is 5.16 Å². The van der Waals surface area contributed by atoms with Gasteiger partial charge in [-0.15, -0.1) is 24.0 Å². The van der Waals surface area contributed by atoms with Gasteiger partial charge in [-0.3, -0.25) is 4.99 Å². The molecule has 1 atom stereocenters. The van der Waals surface area contributed by atoms with Crippen LogP contribution in [0.25, 0.3) is 0 Å². The summed E-state index contributed by atoms with van der Waals surface area (Å²) in [6.45, 7) is 2.98. The summed E-state index contributed by atoms with van der Waals surface area (Å²) in [7, 11) is 2.62. The van der Waals surface area contributed by atoms with Crippen molar-refractivity contribution in [3.8, 4) is 0 Å². The Bertz CT molecular complexity index is 726. The summed E-state index contributed by atoms with van der Waals surface area (Å²) in [4.78, 5) is 8.79. The van der Waals surface area contributed by atoms with Crippen LogP contribution in [0.5, 0.6) is 0 Å². The highest BCUT2D eigenvalue weighted by Crippen LogP contribution is 2.34. The van der Waals surface area contributed by atoms with Gasteiger partial charge in [0.05, 0.1) is 5.69 Å². The van der Waals surface area contributed by atoms with E-state index in [9.17, 15) is 8.42 Å². The molecule has 0 bridgehead atoms. The Balaban J connectivity index is 0.00000280. The van der Waals surface area contributed by atoms with E-state index in [1.807, 2.05) is 0 Å². The fraction of sp³-hybridized carbons (Fsp3) is 0.765. The van der Waals surface area contributed by atoms with E-state index in [0.717, 1.165) is 18.4 Å². The number of sulfonamides is 1. The summed E-state index contributed by atoms with van der Waals surface area (Å²) in [5, 5.41) is 7.18. The summed E-state index contributed by atoms with van der Waals surface area (Å²) in [6.07, 6.45) is 3.98. The van der Waals surface area contributed by atoms with Gasteiger partial charge in [0.1, 0.15) is 12.0 Å². The van der Waals surface area contributed by atoms with Crippen LogP contribution in [-0.4, -0.2) is 93.5 Å². The topological polar surface area (TPSA) is 94.3 Å². The maximum atomic E-state index is 12.5. The molecule has 160 valence electrons. The van der Waals surface area contributed by atoms with Crippen molar-refractivity contribution >= 4 is 40.0 Å². The molecule has 1 saturated heterocycles. The molecule has 1 aliphatic heterocycles. The molecule has 28 heavy (non-hydrogen) atoms. The number of piperazine rings is 1. The lowest BCUT2D eigenvalue weighted by Crippen LogP contribution is -2.55. The SMILES string of the molecule is CN=C(NCC(C1CC1)N(C)C)N1CCN(S(=O)(=O)Cc2ccon2)CC1.I. The Labute approximate surface area is 184 Å². The van der Waals surface area contributed by atoms with Gasteiger partial charge < -0.3 is 19.6 Å². The predicted molar refractivity (Wildman–Crippen MR) is 119 cm³/mol. The first-order valence-corrected chi connectivity index (χ1v) is 11.0. The Morgan fingerprint density at radius 1 is 1.36 bits per heavy atom. The van der Waals surface area contributed by atoms with Crippen molar-refractivity contribution in [2.24, 2.45) is 10.9 Å². The summed E-state index contributed by atoms with van der Waals surface area (Å²) in [5.41, 5.74) is 0.435. The van der Waals surface area contributed by atoms with Crippen molar-refractivity contribution in [3.05, 3.63) is 18.0 Å². The minimum absolute atomic E-state index is 0. The number of halogens is 1. The minimum Gasteiger partial charge on any atom is -0.364 e. The molecular formula is C17H31IN6O3S. The number of hydrogen-bond acceptors (Lipinski definition) is 6. The Kier molecular flexibility index (Phi) is 8.52. The van der Waals surface area contributed by atoms with Crippen LogP contribution in [-0.2, 0) is 15.8 Å². The zero-order chi connectivity index (χ0) is 19.4. The number of nitrogens with zero attached hydrogens (tertiary/aromatic N) is 5. The van der Waals surface area contributed by atoms with E-state index in [1.165, 1.54) is 23.4 Å².